The van der Waals surface area contributed by atoms with Crippen LogP contribution in [0.25, 0.3) is 0 Å². The molecular formula is C73H91N7O24. The van der Waals surface area contributed by atoms with Crippen LogP contribution in [-0.4, -0.2) is 238 Å². The lowest BCUT2D eigenvalue weighted by Crippen LogP contribution is -2.73. The van der Waals surface area contributed by atoms with Gasteiger partial charge in [-0.1, -0.05) is 152 Å². The second-order valence-electron chi connectivity index (χ2n) is 27.3. The number of benzene rings is 5. The van der Waals surface area contributed by atoms with E-state index in [4.69, 9.17) is 56.8 Å². The predicted octanol–water partition coefficient (Wildman–Crippen LogP) is 3.25. The first-order valence-corrected chi connectivity index (χ1v) is 34.6. The molecule has 11 rings (SSSR count). The molecule has 6 fully saturated rings. The highest BCUT2D eigenvalue weighted by atomic mass is 16.8. The molecule has 104 heavy (non-hydrogen) atoms. The summed E-state index contributed by atoms with van der Waals surface area (Å²) in [5.41, 5.74) is -0.0643. The summed E-state index contributed by atoms with van der Waals surface area (Å²) in [7, 11) is 0. The Hall–Kier alpha value is -8.64. The van der Waals surface area contributed by atoms with Gasteiger partial charge in [-0.15, -0.1) is 0 Å². The predicted molar refractivity (Wildman–Crippen MR) is 362 cm³/mol. The third kappa shape index (κ3) is 19.8. The smallest absolute Gasteiger partial charge is 0.412 e. The van der Waals surface area contributed by atoms with E-state index in [2.05, 4.69) is 26.6 Å². The standard InChI is InChI=1S/C73H91N7O24/c1-72(2,3)104-70(90)79-41-73(92,42-79)66(86)75-50-33-51(77-68(88)94-38-44-21-11-5-12-22-44)58(101-63-49(30-29-48(97-63)34-74-31-32-81)76-67(87)93-37-43-19-9-4-10-20-43)61(55(50)83)103-65-57(85)60(53(36-82)99-65)102-64-54(78-69(89)95-39-45-23-13-6-14-24-45)56(84)59-52(98-64)35-80(62(100-59)47-27-17-8-18-28-47)71(91)96-40-46-25-15-7-16-26-46/h4-28,48-65,74,81-85,92H,29-42H2,1-3H3,(H,75,86)(H,76,87)(H,77,88)(H,78,89)/t48-,49+,50+,51-,52-,53+,54+,55-,56+,57+,58+,59+,60+,61+,62?,63+,64+,65-/m0/s1. The molecule has 1 saturated carbocycles. The van der Waals surface area contributed by atoms with E-state index in [1.54, 1.807) is 166 Å². The molecule has 31 nitrogen and oxygen atoms in total. The Labute approximate surface area is 600 Å². The normalized spacial score (nSPS) is 29.4. The van der Waals surface area contributed by atoms with E-state index in [1.807, 2.05) is 6.07 Å². The molecule has 5 saturated heterocycles. The fraction of sp³-hybridized carbons (Fsp3) is 0.507. The summed E-state index contributed by atoms with van der Waals surface area (Å²) < 4.78 is 74.6. The van der Waals surface area contributed by atoms with Crippen molar-refractivity contribution in [3.63, 3.8) is 0 Å². The Balaban J connectivity index is 0.909. The Morgan fingerprint density at radius 3 is 1.61 bits per heavy atom. The third-order valence-corrected chi connectivity index (χ3v) is 18.4. The van der Waals surface area contributed by atoms with Crippen LogP contribution >= 0.6 is 0 Å². The lowest BCUT2D eigenvalue weighted by Gasteiger charge is -2.51. The Morgan fingerprint density at radius 1 is 0.538 bits per heavy atom. The number of hydrogen-bond donors (Lipinski definition) is 11. The SMILES string of the molecule is CC(C)(C)OC(=O)N1CC(O)(C(=O)N[C@@H]2C[C@H](NC(=O)OCc3ccccc3)[C@@H](O[C@H]3O[C@H](CNCCO)CC[C@H]3NC(=O)OCc3ccccc3)[C@H](O[C@@H]3O[C@H](CO)[C@@H](O[C@H]4O[C@H]5CN(C(=O)OCc6ccccc6)C(c6ccccc6)O[C@H]5[C@H](O)[C@H]4NC(=O)OCc4ccccc4)[C@H]3O)[C@H]2O)C1. The van der Waals surface area contributed by atoms with Gasteiger partial charge in [-0.3, -0.25) is 9.69 Å². The van der Waals surface area contributed by atoms with Gasteiger partial charge in [0.05, 0.1) is 57.1 Å². The van der Waals surface area contributed by atoms with Gasteiger partial charge in [0, 0.05) is 18.7 Å². The van der Waals surface area contributed by atoms with Crippen molar-refractivity contribution in [2.45, 2.75) is 188 Å². The molecule has 11 N–H and O–H groups in total. The first-order valence-electron chi connectivity index (χ1n) is 34.6. The molecular weight excluding hydrogens is 1360 g/mol. The molecule has 562 valence electrons. The maximum atomic E-state index is 14.4. The molecule has 5 aliphatic heterocycles. The van der Waals surface area contributed by atoms with Crippen molar-refractivity contribution in [1.82, 2.24) is 36.4 Å². The van der Waals surface area contributed by atoms with Crippen molar-refractivity contribution >= 4 is 36.4 Å². The number of ether oxygens (including phenoxy) is 12. The molecule has 6 amide bonds. The minimum Gasteiger partial charge on any atom is -0.445 e. The molecule has 18 atom stereocenters. The number of aliphatic hydroxyl groups excluding tert-OH is 5. The summed E-state index contributed by atoms with van der Waals surface area (Å²) in [6, 6.07) is 38.4. The van der Waals surface area contributed by atoms with E-state index in [0.717, 1.165) is 4.90 Å². The van der Waals surface area contributed by atoms with Gasteiger partial charge in [-0.25, -0.2) is 24.0 Å². The maximum Gasteiger partial charge on any atom is 0.412 e. The average molecular weight is 1450 g/mol. The van der Waals surface area contributed by atoms with Gasteiger partial charge >= 0.3 is 30.5 Å². The van der Waals surface area contributed by atoms with E-state index in [9.17, 15) is 59.4 Å². The topological polar surface area (TPSA) is 401 Å². The lowest BCUT2D eigenvalue weighted by molar-refractivity contribution is -0.322. The molecule has 5 aromatic rings. The summed E-state index contributed by atoms with van der Waals surface area (Å²) in [5.74, 6) is -1.06. The van der Waals surface area contributed by atoms with Crippen LogP contribution in [0.15, 0.2) is 152 Å². The van der Waals surface area contributed by atoms with Crippen LogP contribution in [0, 0.1) is 0 Å². The van der Waals surface area contributed by atoms with Gasteiger partial charge in [0.1, 0.15) is 93.0 Å². The van der Waals surface area contributed by atoms with Crippen LogP contribution in [-0.2, 0) is 88.1 Å². The van der Waals surface area contributed by atoms with Gasteiger partial charge in [-0.05, 0) is 62.3 Å². The summed E-state index contributed by atoms with van der Waals surface area (Å²) in [6.07, 6.45) is -26.8. The summed E-state index contributed by atoms with van der Waals surface area (Å²) >= 11 is 0. The monoisotopic (exact) mass is 1450 g/mol. The molecule has 0 bridgehead atoms. The number of nitrogens with zero attached hydrogens (tertiary/aromatic N) is 2. The van der Waals surface area contributed by atoms with Crippen molar-refractivity contribution in [3.05, 3.63) is 179 Å². The molecule has 1 unspecified atom stereocenters. The quantitative estimate of drug-likeness (QED) is 0.0295. The highest BCUT2D eigenvalue weighted by molar-refractivity contribution is 5.89. The van der Waals surface area contributed by atoms with Crippen LogP contribution in [0.4, 0.5) is 24.0 Å². The number of amides is 6. The summed E-state index contributed by atoms with van der Waals surface area (Å²) in [5, 5.41) is 85.0. The van der Waals surface area contributed by atoms with E-state index in [-0.39, 0.29) is 59.1 Å². The van der Waals surface area contributed by atoms with Crippen LogP contribution in [0.3, 0.4) is 0 Å². The molecule has 0 aromatic heterocycles. The van der Waals surface area contributed by atoms with Crippen molar-refractivity contribution in [1.29, 1.82) is 0 Å². The fourth-order valence-electron chi connectivity index (χ4n) is 13.1. The number of rotatable bonds is 25. The molecule has 6 aliphatic rings. The first kappa shape index (κ1) is 76.5. The number of carbonyl (C=O) groups excluding carboxylic acids is 6. The number of hydrogen-bond acceptors (Lipinski definition) is 25. The van der Waals surface area contributed by atoms with Crippen LogP contribution in [0.2, 0.25) is 0 Å². The number of fused-ring (bicyclic) bond motifs is 1. The minimum atomic E-state index is -2.23. The summed E-state index contributed by atoms with van der Waals surface area (Å²) in [4.78, 5) is 86.1. The molecule has 1 aliphatic carbocycles. The number of β-amino-alcohol motifs (C(OH)–C–C–N with tert-alkyl or cyclic N) is 1. The largest absolute Gasteiger partial charge is 0.445 e. The van der Waals surface area contributed by atoms with Gasteiger partial charge in [-0.2, -0.15) is 0 Å². The number of carbonyl (C=O) groups is 6. The lowest BCUT2D eigenvalue weighted by atomic mass is 9.82. The summed E-state index contributed by atoms with van der Waals surface area (Å²) in [6.45, 7) is 2.15. The number of alkyl carbamates (subject to hydrolysis) is 3. The van der Waals surface area contributed by atoms with E-state index in [0.29, 0.717) is 34.2 Å². The molecule has 0 spiro atoms. The second-order valence-corrected chi connectivity index (χ2v) is 27.3. The van der Waals surface area contributed by atoms with Crippen molar-refractivity contribution in [2.24, 2.45) is 0 Å². The Bertz CT molecular complexity index is 3590. The van der Waals surface area contributed by atoms with Crippen molar-refractivity contribution in [3.8, 4) is 0 Å². The highest BCUT2D eigenvalue weighted by Gasteiger charge is 2.59. The minimum absolute atomic E-state index is 0.118. The maximum absolute atomic E-state index is 14.4. The fourth-order valence-corrected chi connectivity index (χ4v) is 13.1. The van der Waals surface area contributed by atoms with Crippen LogP contribution in [0.5, 0.6) is 0 Å². The number of aliphatic hydroxyl groups is 6. The Kier molecular flexibility index (Phi) is 26.1. The molecule has 31 heteroatoms. The molecule has 5 aromatic carbocycles. The van der Waals surface area contributed by atoms with Gasteiger partial charge in [0.15, 0.2) is 30.7 Å². The van der Waals surface area contributed by atoms with E-state index < -0.39 is 184 Å². The van der Waals surface area contributed by atoms with Gasteiger partial charge < -0.3 is 119 Å². The third-order valence-electron chi connectivity index (χ3n) is 18.4. The van der Waals surface area contributed by atoms with Crippen LogP contribution < -0.4 is 26.6 Å². The van der Waals surface area contributed by atoms with Crippen molar-refractivity contribution < 1.29 is 116 Å². The van der Waals surface area contributed by atoms with Crippen LogP contribution in [0.1, 0.15) is 74.1 Å². The second kappa shape index (κ2) is 35.4. The average Bonchev–Trinajstić information content (AvgIpc) is 0.988. The van der Waals surface area contributed by atoms with E-state index in [1.165, 1.54) is 4.90 Å². The highest BCUT2D eigenvalue weighted by Crippen LogP contribution is 2.40. The van der Waals surface area contributed by atoms with Gasteiger partial charge in [0.25, 0.3) is 5.91 Å². The number of nitrogens with one attached hydrogen (secondary N) is 5. The first-order chi connectivity index (χ1) is 50.1. The zero-order valence-corrected chi connectivity index (χ0v) is 57.7. The Morgan fingerprint density at radius 2 is 1.06 bits per heavy atom. The molecule has 0 radical (unpaired) electrons. The number of likely N-dealkylation sites (tertiary alicyclic amines) is 1. The van der Waals surface area contributed by atoms with E-state index >= 15 is 0 Å². The zero-order valence-electron chi connectivity index (χ0n) is 57.7. The van der Waals surface area contributed by atoms with Crippen molar-refractivity contribution in [2.75, 3.05) is 45.9 Å². The zero-order chi connectivity index (χ0) is 73.5. The van der Waals surface area contributed by atoms with Gasteiger partial charge in [0.2, 0.25) is 0 Å². The molecule has 5 heterocycles.